The third kappa shape index (κ3) is 1.83. The second-order valence-electron chi connectivity index (χ2n) is 1.79. The van der Waals surface area contributed by atoms with Crippen molar-refractivity contribution in [1.82, 2.24) is 0 Å². The third-order valence-corrected chi connectivity index (χ3v) is 1.03. The molecule has 0 amide bonds. The predicted octanol–water partition coefficient (Wildman–Crippen LogP) is 2.20. The van der Waals surface area contributed by atoms with Gasteiger partial charge in [0.2, 0.25) is 0 Å². The molecule has 0 fully saturated rings. The molecule has 1 nitrogen and oxygen atoms in total. The molecule has 0 saturated carbocycles. The minimum Gasteiger partial charge on any atom is -0.352 e. The molecule has 61 valence electrons. The third-order valence-electron chi connectivity index (χ3n) is 1.03. The lowest BCUT2D eigenvalue weighted by molar-refractivity contribution is -0.137. The van der Waals surface area contributed by atoms with Gasteiger partial charge in [0.05, 0.1) is 0 Å². The lowest BCUT2D eigenvalue weighted by atomic mass is 10.1. The Morgan fingerprint density at radius 1 is 1.60 bits per heavy atom. The van der Waals surface area contributed by atoms with Crippen molar-refractivity contribution in [3.8, 4) is 0 Å². The van der Waals surface area contributed by atoms with Crippen molar-refractivity contribution in [2.24, 2.45) is 0 Å². The van der Waals surface area contributed by atoms with Crippen LogP contribution >= 0.6 is 0 Å². The van der Waals surface area contributed by atoms with Gasteiger partial charge in [-0.2, -0.15) is 13.2 Å². The Bertz CT molecular complexity index is 104. The number of aliphatic hydroxyl groups excluding tert-OH is 1. The van der Waals surface area contributed by atoms with Crippen LogP contribution in [0.3, 0.4) is 0 Å². The number of aliphatic hydroxyl groups is 1. The van der Waals surface area contributed by atoms with Gasteiger partial charge in [0.15, 0.2) is 6.17 Å². The van der Waals surface area contributed by atoms with Gasteiger partial charge >= 0.3 is 12.3 Å². The normalized spacial score (nSPS) is 15.9. The molecule has 0 aromatic heterocycles. The molecule has 0 aromatic carbocycles. The van der Waals surface area contributed by atoms with Crippen molar-refractivity contribution in [3.63, 3.8) is 0 Å². The maximum Gasteiger partial charge on any atom is 0.341 e. The predicted molar refractivity (Wildman–Crippen MR) is 26.4 cm³/mol. The van der Waals surface area contributed by atoms with Gasteiger partial charge in [0.1, 0.15) is 0 Å². The lowest BCUT2D eigenvalue weighted by Gasteiger charge is -2.17. The number of rotatable bonds is 3. The molecule has 1 atom stereocenters. The van der Waals surface area contributed by atoms with Crippen LogP contribution in [0.2, 0.25) is 0 Å². The second-order valence-corrected chi connectivity index (χ2v) is 1.79. The molecule has 0 aliphatic heterocycles. The monoisotopic (exact) mass is 159 g/mol. The topological polar surface area (TPSA) is 20.2 Å². The van der Waals surface area contributed by atoms with Crippen LogP contribution in [0, 0.1) is 6.36 Å². The maximum absolute atomic E-state index is 12.0. The molecule has 0 saturated heterocycles. The molecule has 0 heterocycles. The summed E-state index contributed by atoms with van der Waals surface area (Å²) in [6, 6.07) is 0. The minimum absolute atomic E-state index is 0.541. The van der Waals surface area contributed by atoms with E-state index in [1.165, 1.54) is 0 Å². The Morgan fingerprint density at radius 3 is 2.10 bits per heavy atom. The zero-order valence-corrected chi connectivity index (χ0v) is 5.24. The Balaban J connectivity index is 4.09. The van der Waals surface area contributed by atoms with E-state index < -0.39 is 24.9 Å². The average Bonchev–Trinajstić information content (AvgIpc) is 1.86. The fourth-order valence-electron chi connectivity index (χ4n) is 0.386. The quantitative estimate of drug-likeness (QED) is 0.626. The zero-order valence-electron chi connectivity index (χ0n) is 5.24. The van der Waals surface area contributed by atoms with Crippen LogP contribution in [-0.4, -0.2) is 17.2 Å². The summed E-state index contributed by atoms with van der Waals surface area (Å²) in [4.78, 5) is 0. The van der Waals surface area contributed by atoms with Crippen LogP contribution < -0.4 is 0 Å². The van der Waals surface area contributed by atoms with Crippen LogP contribution in [0.1, 0.15) is 13.3 Å². The summed E-state index contributed by atoms with van der Waals surface area (Å²) in [5.41, 5.74) is 0. The molecule has 0 spiro atoms. The molecule has 10 heavy (non-hydrogen) atoms. The van der Waals surface area contributed by atoms with Gasteiger partial charge in [-0.05, 0) is 6.42 Å². The van der Waals surface area contributed by atoms with Crippen LogP contribution in [0.5, 0.6) is 0 Å². The SMILES string of the molecule is CCC(F)C(F)(F)[C](O)F. The van der Waals surface area contributed by atoms with Crippen molar-refractivity contribution in [1.29, 1.82) is 0 Å². The average molecular weight is 159 g/mol. The van der Waals surface area contributed by atoms with Crippen LogP contribution in [0.25, 0.3) is 0 Å². The smallest absolute Gasteiger partial charge is 0.341 e. The molecule has 1 unspecified atom stereocenters. The van der Waals surface area contributed by atoms with E-state index in [9.17, 15) is 17.6 Å². The molecule has 0 rings (SSSR count). The van der Waals surface area contributed by atoms with E-state index in [-0.39, 0.29) is 0 Å². The summed E-state index contributed by atoms with van der Waals surface area (Å²) in [5, 5.41) is 7.64. The first-order valence-electron chi connectivity index (χ1n) is 2.66. The summed E-state index contributed by atoms with van der Waals surface area (Å²) >= 11 is 0. The summed E-state index contributed by atoms with van der Waals surface area (Å²) in [5.74, 6) is -4.35. The van der Waals surface area contributed by atoms with Gasteiger partial charge in [-0.1, -0.05) is 6.92 Å². The molecule has 1 N–H and O–H groups in total. The van der Waals surface area contributed by atoms with E-state index in [1.807, 2.05) is 0 Å². The van der Waals surface area contributed by atoms with Crippen LogP contribution in [-0.2, 0) is 0 Å². The molecule has 1 radical (unpaired) electrons. The number of hydrogen-bond acceptors (Lipinski definition) is 1. The minimum atomic E-state index is -4.35. The Morgan fingerprint density at radius 2 is 2.00 bits per heavy atom. The lowest BCUT2D eigenvalue weighted by Crippen LogP contribution is -2.34. The molecular formula is C5H7F4O. The number of alkyl halides is 3. The van der Waals surface area contributed by atoms with Gasteiger partial charge in [-0.15, -0.1) is 0 Å². The fraction of sp³-hybridized carbons (Fsp3) is 0.800. The second kappa shape index (κ2) is 3.18. The largest absolute Gasteiger partial charge is 0.352 e. The van der Waals surface area contributed by atoms with E-state index in [1.54, 1.807) is 0 Å². The molecule has 5 heteroatoms. The highest BCUT2D eigenvalue weighted by Gasteiger charge is 2.48. The van der Waals surface area contributed by atoms with Gasteiger partial charge in [-0.25, -0.2) is 4.39 Å². The Hall–Kier alpha value is -0.320. The maximum atomic E-state index is 12.0. The number of halogens is 4. The Kier molecular flexibility index (Phi) is 3.08. The van der Waals surface area contributed by atoms with E-state index in [4.69, 9.17) is 5.11 Å². The highest BCUT2D eigenvalue weighted by molar-refractivity contribution is 4.88. The van der Waals surface area contributed by atoms with Gasteiger partial charge in [-0.3, -0.25) is 0 Å². The van der Waals surface area contributed by atoms with E-state index in [0.29, 0.717) is 0 Å². The standard InChI is InChI=1S/C5H7F4O/c1-2-3(6)5(8,9)4(7)10/h3,10H,2H2,1H3. The Labute approximate surface area is 55.7 Å². The fourth-order valence-corrected chi connectivity index (χ4v) is 0.386. The van der Waals surface area contributed by atoms with Crippen molar-refractivity contribution >= 4 is 0 Å². The first-order chi connectivity index (χ1) is 4.42. The van der Waals surface area contributed by atoms with Crippen molar-refractivity contribution in [2.75, 3.05) is 0 Å². The first kappa shape index (κ1) is 9.68. The van der Waals surface area contributed by atoms with Crippen molar-refractivity contribution in [3.05, 3.63) is 6.36 Å². The van der Waals surface area contributed by atoms with Crippen molar-refractivity contribution in [2.45, 2.75) is 25.4 Å². The van der Waals surface area contributed by atoms with Gasteiger partial charge in [0.25, 0.3) is 0 Å². The molecular weight excluding hydrogens is 152 g/mol. The van der Waals surface area contributed by atoms with E-state index in [0.717, 1.165) is 6.92 Å². The summed E-state index contributed by atoms with van der Waals surface area (Å²) in [7, 11) is 0. The van der Waals surface area contributed by atoms with E-state index >= 15 is 0 Å². The first-order valence-corrected chi connectivity index (χ1v) is 2.66. The van der Waals surface area contributed by atoms with Crippen LogP contribution in [0.4, 0.5) is 17.6 Å². The molecule has 0 bridgehead atoms. The summed E-state index contributed by atoms with van der Waals surface area (Å²) in [6.07, 6.45) is -5.86. The number of hydrogen-bond donors (Lipinski definition) is 1. The summed E-state index contributed by atoms with van der Waals surface area (Å²) in [6.45, 7) is 1.13. The van der Waals surface area contributed by atoms with Gasteiger partial charge < -0.3 is 5.11 Å². The highest BCUT2D eigenvalue weighted by atomic mass is 19.3. The molecule has 0 aliphatic rings. The highest BCUT2D eigenvalue weighted by Crippen LogP contribution is 2.32. The zero-order chi connectivity index (χ0) is 8.36. The van der Waals surface area contributed by atoms with Crippen molar-refractivity contribution < 1.29 is 22.7 Å². The summed E-state index contributed by atoms with van der Waals surface area (Å²) < 4.78 is 47.2. The molecule has 0 aliphatic carbocycles. The molecule has 0 aromatic rings. The van der Waals surface area contributed by atoms with Gasteiger partial charge in [0, 0.05) is 0 Å². The van der Waals surface area contributed by atoms with Crippen LogP contribution in [0.15, 0.2) is 0 Å². The van der Waals surface area contributed by atoms with E-state index in [2.05, 4.69) is 0 Å².